The lowest BCUT2D eigenvalue weighted by Gasteiger charge is -2.17. The summed E-state index contributed by atoms with van der Waals surface area (Å²) in [6.45, 7) is 1.47. The fourth-order valence-corrected chi connectivity index (χ4v) is 3.28. The molecule has 4 heteroatoms. The molecule has 0 radical (unpaired) electrons. The molecule has 1 N–H and O–H groups in total. The van der Waals surface area contributed by atoms with Crippen molar-refractivity contribution >= 4 is 11.6 Å². The average molecular weight is 349 g/mol. The lowest BCUT2D eigenvalue weighted by Crippen LogP contribution is -2.27. The molecule has 0 aliphatic heterocycles. The van der Waals surface area contributed by atoms with Crippen LogP contribution in [0.2, 0.25) is 0 Å². The third-order valence-electron chi connectivity index (χ3n) is 4.75. The van der Waals surface area contributed by atoms with Crippen molar-refractivity contribution in [1.29, 1.82) is 0 Å². The third-order valence-corrected chi connectivity index (χ3v) is 4.75. The summed E-state index contributed by atoms with van der Waals surface area (Å²) in [4.78, 5) is 18.6. The first-order valence-electron chi connectivity index (χ1n) is 9.39. The summed E-state index contributed by atoms with van der Waals surface area (Å²) in [5, 5.41) is 3.42. The Labute approximate surface area is 155 Å². The lowest BCUT2D eigenvalue weighted by atomic mass is 9.97. The highest BCUT2D eigenvalue weighted by Gasteiger charge is 2.14. The Kier molecular flexibility index (Phi) is 6.42. The van der Waals surface area contributed by atoms with Gasteiger partial charge in [0.05, 0.1) is 0 Å². The Balaban J connectivity index is 1.55. The number of allylic oxidation sites excluding steroid dienone is 1. The van der Waals surface area contributed by atoms with E-state index in [1.165, 1.54) is 25.7 Å². The SMILES string of the molecule is CN(Cc1ccccc1)C(=O)c1cc(NCCC2=CCCCC2)ccn1. The van der Waals surface area contributed by atoms with Gasteiger partial charge in [-0.15, -0.1) is 0 Å². The lowest BCUT2D eigenvalue weighted by molar-refractivity contribution is 0.0779. The smallest absolute Gasteiger partial charge is 0.272 e. The fraction of sp³-hybridized carbons (Fsp3) is 0.364. The molecule has 1 aliphatic carbocycles. The zero-order chi connectivity index (χ0) is 18.2. The first kappa shape index (κ1) is 18.2. The van der Waals surface area contributed by atoms with E-state index in [2.05, 4.69) is 16.4 Å². The zero-order valence-electron chi connectivity index (χ0n) is 15.4. The quantitative estimate of drug-likeness (QED) is 0.740. The third kappa shape index (κ3) is 5.19. The van der Waals surface area contributed by atoms with Gasteiger partial charge in [-0.25, -0.2) is 0 Å². The Morgan fingerprint density at radius 2 is 2.04 bits per heavy atom. The van der Waals surface area contributed by atoms with Crippen LogP contribution in [0, 0.1) is 0 Å². The zero-order valence-corrected chi connectivity index (χ0v) is 15.4. The molecule has 26 heavy (non-hydrogen) atoms. The summed E-state index contributed by atoms with van der Waals surface area (Å²) >= 11 is 0. The minimum Gasteiger partial charge on any atom is -0.385 e. The molecule has 3 rings (SSSR count). The number of carbonyl (C=O) groups is 1. The highest BCUT2D eigenvalue weighted by atomic mass is 16.2. The number of rotatable bonds is 7. The summed E-state index contributed by atoms with van der Waals surface area (Å²) in [7, 11) is 1.81. The molecule has 0 saturated carbocycles. The number of hydrogen-bond acceptors (Lipinski definition) is 3. The van der Waals surface area contributed by atoms with Crippen LogP contribution >= 0.6 is 0 Å². The molecule has 0 spiro atoms. The number of aromatic nitrogens is 1. The van der Waals surface area contributed by atoms with Gasteiger partial charge in [0.1, 0.15) is 5.69 Å². The minimum absolute atomic E-state index is 0.0625. The topological polar surface area (TPSA) is 45.2 Å². The molecule has 1 amide bonds. The van der Waals surface area contributed by atoms with Gasteiger partial charge in [-0.3, -0.25) is 9.78 Å². The molecule has 4 nitrogen and oxygen atoms in total. The van der Waals surface area contributed by atoms with Gasteiger partial charge in [0.2, 0.25) is 0 Å². The van der Waals surface area contributed by atoms with Crippen LogP contribution in [-0.4, -0.2) is 29.4 Å². The molecule has 2 aromatic rings. The van der Waals surface area contributed by atoms with Crippen LogP contribution < -0.4 is 5.32 Å². The summed E-state index contributed by atoms with van der Waals surface area (Å²) in [5.74, 6) is -0.0625. The standard InChI is InChI=1S/C22H27N3O/c1-25(17-19-10-6-3-7-11-19)22(26)21-16-20(13-15-24-21)23-14-12-18-8-4-2-5-9-18/h3,6-8,10-11,13,15-16H,2,4-5,9,12,14,17H2,1H3,(H,23,24). The molecule has 0 bridgehead atoms. The van der Waals surface area contributed by atoms with Gasteiger partial charge in [0.15, 0.2) is 0 Å². The van der Waals surface area contributed by atoms with E-state index in [4.69, 9.17) is 0 Å². The maximum absolute atomic E-state index is 12.6. The van der Waals surface area contributed by atoms with E-state index in [-0.39, 0.29) is 5.91 Å². The maximum atomic E-state index is 12.6. The van der Waals surface area contributed by atoms with Crippen LogP contribution in [0.1, 0.15) is 48.2 Å². The van der Waals surface area contributed by atoms with Crippen molar-refractivity contribution in [1.82, 2.24) is 9.88 Å². The van der Waals surface area contributed by atoms with Gasteiger partial charge >= 0.3 is 0 Å². The Hall–Kier alpha value is -2.62. The van der Waals surface area contributed by atoms with Crippen molar-refractivity contribution in [3.63, 3.8) is 0 Å². The van der Waals surface area contributed by atoms with Crippen LogP contribution in [0.4, 0.5) is 5.69 Å². The van der Waals surface area contributed by atoms with Crippen molar-refractivity contribution in [3.05, 3.63) is 71.6 Å². The molecule has 0 fully saturated rings. The van der Waals surface area contributed by atoms with Gasteiger partial charge in [-0.2, -0.15) is 0 Å². The van der Waals surface area contributed by atoms with Crippen LogP contribution in [0.3, 0.4) is 0 Å². The van der Waals surface area contributed by atoms with E-state index in [1.807, 2.05) is 49.5 Å². The molecule has 1 aromatic heterocycles. The minimum atomic E-state index is -0.0625. The van der Waals surface area contributed by atoms with Crippen LogP contribution in [-0.2, 0) is 6.54 Å². The van der Waals surface area contributed by atoms with Crippen molar-refractivity contribution in [3.8, 4) is 0 Å². The van der Waals surface area contributed by atoms with Crippen LogP contribution in [0.5, 0.6) is 0 Å². The van der Waals surface area contributed by atoms with Crippen LogP contribution in [0.25, 0.3) is 0 Å². The molecule has 0 saturated heterocycles. The van der Waals surface area contributed by atoms with Gasteiger partial charge in [0.25, 0.3) is 5.91 Å². The van der Waals surface area contributed by atoms with Crippen LogP contribution in [0.15, 0.2) is 60.3 Å². The second-order valence-electron chi connectivity index (χ2n) is 6.86. The number of carbonyl (C=O) groups excluding carboxylic acids is 1. The summed E-state index contributed by atoms with van der Waals surface area (Å²) < 4.78 is 0. The summed E-state index contributed by atoms with van der Waals surface area (Å²) in [5.41, 5.74) is 4.09. The molecule has 1 aliphatic rings. The summed E-state index contributed by atoms with van der Waals surface area (Å²) in [6.07, 6.45) is 10.2. The molecular weight excluding hydrogens is 322 g/mol. The van der Waals surface area contributed by atoms with Gasteiger partial charge in [-0.05, 0) is 49.8 Å². The number of nitrogens with one attached hydrogen (secondary N) is 1. The Morgan fingerprint density at radius 3 is 2.81 bits per heavy atom. The Bertz CT molecular complexity index is 755. The van der Waals surface area contributed by atoms with Crippen molar-refractivity contribution in [2.24, 2.45) is 0 Å². The predicted octanol–water partition coefficient (Wildman–Crippen LogP) is 4.66. The van der Waals surface area contributed by atoms with E-state index >= 15 is 0 Å². The van der Waals surface area contributed by atoms with E-state index in [1.54, 1.807) is 16.7 Å². The molecule has 0 unspecified atom stereocenters. The number of amides is 1. The van der Waals surface area contributed by atoms with Gasteiger partial charge < -0.3 is 10.2 Å². The maximum Gasteiger partial charge on any atom is 0.272 e. The molecule has 1 aromatic carbocycles. The first-order chi connectivity index (χ1) is 12.7. The normalized spacial score (nSPS) is 13.8. The highest BCUT2D eigenvalue weighted by molar-refractivity contribution is 5.92. The number of hydrogen-bond donors (Lipinski definition) is 1. The van der Waals surface area contributed by atoms with E-state index in [0.29, 0.717) is 12.2 Å². The highest BCUT2D eigenvalue weighted by Crippen LogP contribution is 2.20. The number of anilines is 1. The second kappa shape index (κ2) is 9.18. The van der Waals surface area contributed by atoms with E-state index < -0.39 is 0 Å². The monoisotopic (exact) mass is 349 g/mol. The van der Waals surface area contributed by atoms with Gasteiger partial charge in [0, 0.05) is 32.0 Å². The van der Waals surface area contributed by atoms with Crippen molar-refractivity contribution < 1.29 is 4.79 Å². The fourth-order valence-electron chi connectivity index (χ4n) is 3.28. The number of nitrogens with zero attached hydrogens (tertiary/aromatic N) is 2. The number of pyridine rings is 1. The molecule has 136 valence electrons. The second-order valence-corrected chi connectivity index (χ2v) is 6.86. The first-order valence-corrected chi connectivity index (χ1v) is 9.39. The number of benzene rings is 1. The average Bonchev–Trinajstić information content (AvgIpc) is 2.69. The van der Waals surface area contributed by atoms with E-state index in [9.17, 15) is 4.79 Å². The predicted molar refractivity (Wildman–Crippen MR) is 106 cm³/mol. The van der Waals surface area contributed by atoms with Crippen molar-refractivity contribution in [2.75, 3.05) is 18.9 Å². The Morgan fingerprint density at radius 1 is 1.19 bits per heavy atom. The molecule has 0 atom stereocenters. The van der Waals surface area contributed by atoms with Gasteiger partial charge in [-0.1, -0.05) is 42.0 Å². The summed E-state index contributed by atoms with van der Waals surface area (Å²) in [6, 6.07) is 13.8. The molecular formula is C22H27N3O. The largest absolute Gasteiger partial charge is 0.385 e. The van der Waals surface area contributed by atoms with Crippen molar-refractivity contribution in [2.45, 2.75) is 38.6 Å². The van der Waals surface area contributed by atoms with E-state index in [0.717, 1.165) is 24.2 Å². The molecule has 1 heterocycles.